The molecule has 0 unspecified atom stereocenters. The summed E-state index contributed by atoms with van der Waals surface area (Å²) in [6.07, 6.45) is -0.492. The lowest BCUT2D eigenvalue weighted by Gasteiger charge is -2.30. The summed E-state index contributed by atoms with van der Waals surface area (Å²) in [6, 6.07) is 21.3. The average molecular weight is 378 g/mol. The van der Waals surface area contributed by atoms with Crippen LogP contribution in [0.3, 0.4) is 0 Å². The number of amides is 1. The molecule has 134 valence electrons. The molecule has 3 aromatic carbocycles. The summed E-state index contributed by atoms with van der Waals surface area (Å²) < 4.78 is 5.49. The molecule has 0 radical (unpaired) electrons. The Morgan fingerprint density at radius 1 is 0.926 bits per heavy atom. The molecule has 0 fully saturated rings. The Labute approximate surface area is 159 Å². The van der Waals surface area contributed by atoms with E-state index in [4.69, 9.17) is 4.74 Å². The first-order valence-electron chi connectivity index (χ1n) is 8.19. The highest BCUT2D eigenvalue weighted by molar-refractivity contribution is 7.99. The molecule has 0 saturated heterocycles. The minimum Gasteiger partial charge on any atom is -0.444 e. The molecule has 0 atom stereocenters. The minimum absolute atomic E-state index is 0.000913. The zero-order valence-electron chi connectivity index (χ0n) is 14.1. The van der Waals surface area contributed by atoms with Crippen LogP contribution < -0.4 is 4.90 Å². The van der Waals surface area contributed by atoms with Gasteiger partial charge in [0.15, 0.2) is 0 Å². The highest BCUT2D eigenvalue weighted by Gasteiger charge is 2.28. The van der Waals surface area contributed by atoms with Crippen molar-refractivity contribution in [3.8, 4) is 0 Å². The Morgan fingerprint density at radius 2 is 1.48 bits per heavy atom. The van der Waals surface area contributed by atoms with Crippen LogP contribution >= 0.6 is 11.8 Å². The van der Waals surface area contributed by atoms with E-state index in [9.17, 15) is 14.9 Å². The molecule has 0 spiro atoms. The monoisotopic (exact) mass is 378 g/mol. The van der Waals surface area contributed by atoms with Crippen LogP contribution in [0.1, 0.15) is 5.56 Å². The Hall–Kier alpha value is -3.32. The quantitative estimate of drug-likeness (QED) is 0.442. The van der Waals surface area contributed by atoms with Crippen molar-refractivity contribution in [2.45, 2.75) is 16.4 Å². The predicted molar refractivity (Wildman–Crippen MR) is 102 cm³/mol. The SMILES string of the molecule is O=C(OCc1ccc([N+](=O)[O-])cc1)N1c2ccccc2Sc2ccccc21. The maximum absolute atomic E-state index is 12.9. The lowest BCUT2D eigenvalue weighted by molar-refractivity contribution is -0.384. The fourth-order valence-corrected chi connectivity index (χ4v) is 3.88. The van der Waals surface area contributed by atoms with Crippen LogP contribution in [0.5, 0.6) is 0 Å². The zero-order chi connectivity index (χ0) is 18.8. The van der Waals surface area contributed by atoms with Crippen LogP contribution in [0, 0.1) is 10.1 Å². The van der Waals surface area contributed by atoms with Crippen molar-refractivity contribution < 1.29 is 14.5 Å². The third kappa shape index (κ3) is 3.37. The first-order valence-corrected chi connectivity index (χ1v) is 9.01. The fourth-order valence-electron chi connectivity index (χ4n) is 2.82. The van der Waals surface area contributed by atoms with Crippen LogP contribution in [0.25, 0.3) is 0 Å². The van der Waals surface area contributed by atoms with Gasteiger partial charge in [0.05, 0.1) is 16.3 Å². The molecule has 1 heterocycles. The number of fused-ring (bicyclic) bond motifs is 2. The molecule has 4 rings (SSSR count). The summed E-state index contributed by atoms with van der Waals surface area (Å²) in [5, 5.41) is 10.7. The van der Waals surface area contributed by atoms with Crippen molar-refractivity contribution in [2.75, 3.05) is 4.90 Å². The number of nitro groups is 1. The molecule has 0 saturated carbocycles. The number of ether oxygens (including phenoxy) is 1. The molecule has 0 aliphatic carbocycles. The first kappa shape index (κ1) is 17.1. The van der Waals surface area contributed by atoms with Gasteiger partial charge in [-0.1, -0.05) is 36.0 Å². The first-order chi connectivity index (χ1) is 13.1. The normalized spacial score (nSPS) is 12.1. The largest absolute Gasteiger partial charge is 0.444 e. The maximum Gasteiger partial charge on any atom is 0.419 e. The van der Waals surface area contributed by atoms with E-state index in [-0.39, 0.29) is 12.3 Å². The fraction of sp³-hybridized carbons (Fsp3) is 0.0500. The number of carbonyl (C=O) groups excluding carboxylic acids is 1. The minimum atomic E-state index is -0.492. The topological polar surface area (TPSA) is 72.7 Å². The molecule has 6 nitrogen and oxygen atoms in total. The van der Waals surface area contributed by atoms with Crippen LogP contribution in [-0.2, 0) is 11.3 Å². The molecular weight excluding hydrogens is 364 g/mol. The van der Waals surface area contributed by atoms with E-state index in [0.29, 0.717) is 5.56 Å². The second kappa shape index (κ2) is 7.13. The van der Waals surface area contributed by atoms with Crippen molar-refractivity contribution in [1.82, 2.24) is 0 Å². The van der Waals surface area contributed by atoms with E-state index < -0.39 is 11.0 Å². The predicted octanol–water partition coefficient (Wildman–Crippen LogP) is 5.53. The van der Waals surface area contributed by atoms with Crippen LogP contribution in [0.15, 0.2) is 82.6 Å². The van der Waals surface area contributed by atoms with Gasteiger partial charge in [-0.25, -0.2) is 9.69 Å². The van der Waals surface area contributed by atoms with Crippen molar-refractivity contribution in [1.29, 1.82) is 0 Å². The molecule has 27 heavy (non-hydrogen) atoms. The van der Waals surface area contributed by atoms with Gasteiger partial charge in [0, 0.05) is 21.9 Å². The molecule has 3 aromatic rings. The van der Waals surface area contributed by atoms with Crippen LogP contribution in [0.2, 0.25) is 0 Å². The number of anilines is 2. The second-order valence-electron chi connectivity index (χ2n) is 5.85. The van der Waals surface area contributed by atoms with E-state index in [1.165, 1.54) is 12.1 Å². The Balaban J connectivity index is 1.57. The molecule has 7 heteroatoms. The van der Waals surface area contributed by atoms with Gasteiger partial charge in [0.25, 0.3) is 5.69 Å². The Bertz CT molecular complexity index is 975. The average Bonchev–Trinajstić information content (AvgIpc) is 2.70. The van der Waals surface area contributed by atoms with Gasteiger partial charge in [0.1, 0.15) is 6.61 Å². The number of nitro benzene ring substituents is 1. The zero-order valence-corrected chi connectivity index (χ0v) is 14.9. The standard InChI is InChI=1S/C20H14N2O4S/c23-20(26-13-14-9-11-15(12-10-14)22(24)25)21-16-5-1-3-7-18(16)27-19-8-4-2-6-17(19)21/h1-12H,13H2. The van der Waals surface area contributed by atoms with E-state index in [2.05, 4.69) is 0 Å². The van der Waals surface area contributed by atoms with Gasteiger partial charge in [0.2, 0.25) is 0 Å². The number of para-hydroxylation sites is 2. The molecule has 1 amide bonds. The van der Waals surface area contributed by atoms with Crippen LogP contribution in [-0.4, -0.2) is 11.0 Å². The van der Waals surface area contributed by atoms with E-state index in [0.717, 1.165) is 21.2 Å². The highest BCUT2D eigenvalue weighted by Crippen LogP contribution is 2.48. The lowest BCUT2D eigenvalue weighted by atomic mass is 10.2. The molecule has 0 aromatic heterocycles. The number of non-ortho nitro benzene ring substituents is 1. The summed E-state index contributed by atoms with van der Waals surface area (Å²) in [6.45, 7) is 0.0325. The lowest BCUT2D eigenvalue weighted by Crippen LogP contribution is -2.29. The van der Waals surface area contributed by atoms with Gasteiger partial charge in [-0.2, -0.15) is 0 Å². The number of hydrogen-bond donors (Lipinski definition) is 0. The summed E-state index contributed by atoms with van der Waals surface area (Å²) in [7, 11) is 0. The third-order valence-corrected chi connectivity index (χ3v) is 5.25. The second-order valence-corrected chi connectivity index (χ2v) is 6.93. The van der Waals surface area contributed by atoms with E-state index in [1.807, 2.05) is 48.5 Å². The van der Waals surface area contributed by atoms with Crippen LogP contribution in [0.4, 0.5) is 21.9 Å². The third-order valence-electron chi connectivity index (χ3n) is 4.12. The van der Waals surface area contributed by atoms with Crippen molar-refractivity contribution in [2.24, 2.45) is 0 Å². The summed E-state index contributed by atoms with van der Waals surface area (Å²) in [5.41, 5.74) is 2.23. The van der Waals surface area contributed by atoms with E-state index >= 15 is 0 Å². The van der Waals surface area contributed by atoms with Crippen molar-refractivity contribution in [3.05, 3.63) is 88.5 Å². The maximum atomic E-state index is 12.9. The molecular formula is C20H14N2O4S. The highest BCUT2D eigenvalue weighted by atomic mass is 32.2. The Kier molecular flexibility index (Phi) is 4.52. The summed E-state index contributed by atoms with van der Waals surface area (Å²) in [4.78, 5) is 26.6. The summed E-state index contributed by atoms with van der Waals surface area (Å²) in [5.74, 6) is 0. The van der Waals surface area contributed by atoms with Gasteiger partial charge in [-0.05, 0) is 42.0 Å². The molecule has 1 aliphatic heterocycles. The van der Waals surface area contributed by atoms with Gasteiger partial charge in [-0.15, -0.1) is 0 Å². The number of rotatable bonds is 3. The van der Waals surface area contributed by atoms with Crippen molar-refractivity contribution >= 4 is 34.9 Å². The summed E-state index contributed by atoms with van der Waals surface area (Å²) >= 11 is 1.61. The molecule has 0 bridgehead atoms. The van der Waals surface area contributed by atoms with E-state index in [1.54, 1.807) is 28.8 Å². The Morgan fingerprint density at radius 3 is 2.04 bits per heavy atom. The number of nitrogens with zero attached hydrogens (tertiary/aromatic N) is 2. The number of carbonyl (C=O) groups is 1. The van der Waals surface area contributed by atoms with Crippen molar-refractivity contribution in [3.63, 3.8) is 0 Å². The molecule has 1 aliphatic rings. The molecule has 0 N–H and O–H groups in total. The number of hydrogen-bond acceptors (Lipinski definition) is 5. The van der Waals surface area contributed by atoms with Gasteiger partial charge < -0.3 is 4.74 Å². The van der Waals surface area contributed by atoms with Gasteiger partial charge >= 0.3 is 6.09 Å². The smallest absolute Gasteiger partial charge is 0.419 e. The van der Waals surface area contributed by atoms with Gasteiger partial charge in [-0.3, -0.25) is 10.1 Å². The number of benzene rings is 3.